The van der Waals surface area contributed by atoms with E-state index in [0.29, 0.717) is 0 Å². The highest BCUT2D eigenvalue weighted by Gasteiger charge is 2.24. The first kappa shape index (κ1) is 13.2. The van der Waals surface area contributed by atoms with Crippen LogP contribution in [0, 0.1) is 0 Å². The highest BCUT2D eigenvalue weighted by atomic mass is 16.5. The van der Waals surface area contributed by atoms with Gasteiger partial charge in [-0.3, -0.25) is 29.0 Å². The fourth-order valence-corrected chi connectivity index (χ4v) is 1.72. The van der Waals surface area contributed by atoms with Gasteiger partial charge in [-0.1, -0.05) is 0 Å². The molecule has 0 atom stereocenters. The minimum Gasteiger partial charge on any atom is -0.378 e. The molecule has 100 valence electrons. The highest BCUT2D eigenvalue weighted by molar-refractivity contribution is 6.13. The van der Waals surface area contributed by atoms with Crippen LogP contribution in [-0.4, -0.2) is 59.7 Å². The molecule has 0 spiro atoms. The first-order valence-electron chi connectivity index (χ1n) is 5.74. The molecule has 2 rings (SSSR count). The van der Waals surface area contributed by atoms with Gasteiger partial charge in [-0.25, -0.2) is 0 Å². The van der Waals surface area contributed by atoms with Crippen molar-refractivity contribution < 1.29 is 23.9 Å². The number of carbonyl (C=O) groups excluding carboxylic acids is 4. The van der Waals surface area contributed by atoms with Crippen LogP contribution in [0.4, 0.5) is 0 Å². The molecule has 0 aromatic rings. The normalized spacial score (nSPS) is 18.3. The van der Waals surface area contributed by atoms with Crippen LogP contribution in [0.2, 0.25) is 0 Å². The first-order chi connectivity index (χ1) is 9.09. The van der Waals surface area contributed by atoms with Crippen molar-refractivity contribution >= 4 is 23.6 Å². The van der Waals surface area contributed by atoms with Crippen molar-refractivity contribution in [1.82, 2.24) is 9.80 Å². The molecule has 4 amide bonds. The molecule has 7 heteroatoms. The third-order valence-electron chi connectivity index (χ3n) is 2.72. The van der Waals surface area contributed by atoms with Crippen LogP contribution >= 0.6 is 0 Å². The average molecular weight is 264 g/mol. The van der Waals surface area contributed by atoms with Crippen LogP contribution in [0.1, 0.15) is 0 Å². The van der Waals surface area contributed by atoms with Crippen molar-refractivity contribution in [3.05, 3.63) is 24.3 Å². The Kier molecular flexibility index (Phi) is 3.86. The monoisotopic (exact) mass is 264 g/mol. The molecular formula is C12H12N2O5. The lowest BCUT2D eigenvalue weighted by Crippen LogP contribution is -2.35. The fraction of sp³-hybridized carbons (Fsp3) is 0.333. The minimum atomic E-state index is -0.359. The van der Waals surface area contributed by atoms with Crippen LogP contribution in [0.3, 0.4) is 0 Å². The SMILES string of the molecule is O=C1C=CC(=O)N1CCOCCN1C(=O)C=CC1=O. The quantitative estimate of drug-likeness (QED) is 0.447. The summed E-state index contributed by atoms with van der Waals surface area (Å²) in [6, 6.07) is 0. The molecule has 0 N–H and O–H groups in total. The van der Waals surface area contributed by atoms with Gasteiger partial charge in [0.05, 0.1) is 26.3 Å². The molecule has 2 aliphatic heterocycles. The topological polar surface area (TPSA) is 84.0 Å². The molecule has 0 aliphatic carbocycles. The Morgan fingerprint density at radius 3 is 1.32 bits per heavy atom. The van der Waals surface area contributed by atoms with E-state index < -0.39 is 0 Å². The van der Waals surface area contributed by atoms with E-state index in [0.717, 1.165) is 9.80 Å². The van der Waals surface area contributed by atoms with Crippen LogP contribution < -0.4 is 0 Å². The largest absolute Gasteiger partial charge is 0.378 e. The van der Waals surface area contributed by atoms with E-state index in [1.54, 1.807) is 0 Å². The summed E-state index contributed by atoms with van der Waals surface area (Å²) in [6.45, 7) is 0.654. The summed E-state index contributed by atoms with van der Waals surface area (Å²) in [5.74, 6) is -1.43. The van der Waals surface area contributed by atoms with Gasteiger partial charge in [0.15, 0.2) is 0 Å². The molecule has 19 heavy (non-hydrogen) atoms. The number of imide groups is 2. The average Bonchev–Trinajstić information content (AvgIpc) is 2.86. The Morgan fingerprint density at radius 2 is 1.00 bits per heavy atom. The predicted octanol–water partition coefficient (Wildman–Crippen LogP) is -1.15. The molecule has 0 bridgehead atoms. The Bertz CT molecular complexity index is 414. The fourth-order valence-electron chi connectivity index (χ4n) is 1.72. The van der Waals surface area contributed by atoms with Gasteiger partial charge in [-0.05, 0) is 0 Å². The third kappa shape index (κ3) is 2.94. The molecule has 7 nitrogen and oxygen atoms in total. The summed E-state index contributed by atoms with van der Waals surface area (Å²) in [6.07, 6.45) is 4.82. The number of carbonyl (C=O) groups is 4. The number of amides is 4. The maximum atomic E-state index is 11.2. The van der Waals surface area contributed by atoms with Gasteiger partial charge in [0.25, 0.3) is 23.6 Å². The molecule has 0 fully saturated rings. The van der Waals surface area contributed by atoms with Gasteiger partial charge in [0.2, 0.25) is 0 Å². The van der Waals surface area contributed by atoms with Gasteiger partial charge >= 0.3 is 0 Å². The number of ether oxygens (including phenoxy) is 1. The number of nitrogens with zero attached hydrogens (tertiary/aromatic N) is 2. The predicted molar refractivity (Wildman–Crippen MR) is 62.5 cm³/mol. The molecule has 2 aliphatic rings. The molecule has 0 saturated heterocycles. The molecule has 0 aromatic heterocycles. The summed E-state index contributed by atoms with van der Waals surface area (Å²) in [5.41, 5.74) is 0. The lowest BCUT2D eigenvalue weighted by Gasteiger charge is -2.16. The van der Waals surface area contributed by atoms with E-state index >= 15 is 0 Å². The van der Waals surface area contributed by atoms with Gasteiger partial charge in [-0.2, -0.15) is 0 Å². The Hall–Kier alpha value is -2.28. The summed E-state index contributed by atoms with van der Waals surface area (Å²) in [4.78, 5) is 46.9. The van der Waals surface area contributed by atoms with Crippen LogP contribution in [0.15, 0.2) is 24.3 Å². The first-order valence-corrected chi connectivity index (χ1v) is 5.74. The maximum absolute atomic E-state index is 11.2. The van der Waals surface area contributed by atoms with E-state index in [-0.39, 0.29) is 49.9 Å². The number of hydrogen-bond acceptors (Lipinski definition) is 5. The molecule has 0 radical (unpaired) electrons. The van der Waals surface area contributed by atoms with Crippen LogP contribution in [0.25, 0.3) is 0 Å². The smallest absolute Gasteiger partial charge is 0.253 e. The zero-order valence-corrected chi connectivity index (χ0v) is 10.1. The maximum Gasteiger partial charge on any atom is 0.253 e. The lowest BCUT2D eigenvalue weighted by molar-refractivity contribution is -0.137. The van der Waals surface area contributed by atoms with Crippen molar-refractivity contribution in [2.45, 2.75) is 0 Å². The van der Waals surface area contributed by atoms with E-state index in [4.69, 9.17) is 4.74 Å². The van der Waals surface area contributed by atoms with Crippen molar-refractivity contribution in [3.63, 3.8) is 0 Å². The lowest BCUT2D eigenvalue weighted by atomic mass is 10.5. The Morgan fingerprint density at radius 1 is 0.684 bits per heavy atom. The molecule has 2 heterocycles. The number of hydrogen-bond donors (Lipinski definition) is 0. The van der Waals surface area contributed by atoms with Gasteiger partial charge in [0, 0.05) is 24.3 Å². The molecular weight excluding hydrogens is 252 g/mol. The molecule has 0 unspecified atom stereocenters. The van der Waals surface area contributed by atoms with Gasteiger partial charge < -0.3 is 4.74 Å². The van der Waals surface area contributed by atoms with E-state index in [1.807, 2.05) is 0 Å². The second-order valence-corrected chi connectivity index (χ2v) is 3.94. The van der Waals surface area contributed by atoms with Gasteiger partial charge in [-0.15, -0.1) is 0 Å². The second kappa shape index (κ2) is 5.57. The summed E-state index contributed by atoms with van der Waals surface area (Å²) in [7, 11) is 0. The molecule has 0 saturated carbocycles. The summed E-state index contributed by atoms with van der Waals surface area (Å²) >= 11 is 0. The third-order valence-corrected chi connectivity index (χ3v) is 2.72. The second-order valence-electron chi connectivity index (χ2n) is 3.94. The Labute approximate surface area is 109 Å². The van der Waals surface area contributed by atoms with E-state index in [1.165, 1.54) is 24.3 Å². The van der Waals surface area contributed by atoms with Crippen LogP contribution in [-0.2, 0) is 23.9 Å². The zero-order chi connectivity index (χ0) is 13.8. The van der Waals surface area contributed by atoms with Crippen LogP contribution in [0.5, 0.6) is 0 Å². The standard InChI is InChI=1S/C12H12N2O5/c15-9-1-2-10(16)13(9)5-7-19-8-6-14-11(17)3-4-12(14)18/h1-4H,5-8H2. The van der Waals surface area contributed by atoms with Crippen molar-refractivity contribution in [1.29, 1.82) is 0 Å². The number of rotatable bonds is 6. The minimum absolute atomic E-state index is 0.158. The van der Waals surface area contributed by atoms with Crippen molar-refractivity contribution in [2.75, 3.05) is 26.3 Å². The van der Waals surface area contributed by atoms with E-state index in [9.17, 15) is 19.2 Å². The van der Waals surface area contributed by atoms with E-state index in [2.05, 4.69) is 0 Å². The molecule has 0 aromatic carbocycles. The van der Waals surface area contributed by atoms with Crippen molar-refractivity contribution in [3.8, 4) is 0 Å². The summed E-state index contributed by atoms with van der Waals surface area (Å²) in [5, 5.41) is 0. The summed E-state index contributed by atoms with van der Waals surface area (Å²) < 4.78 is 5.20. The Balaban J connectivity index is 1.63. The highest BCUT2D eigenvalue weighted by Crippen LogP contribution is 2.04. The van der Waals surface area contributed by atoms with Gasteiger partial charge in [0.1, 0.15) is 0 Å². The van der Waals surface area contributed by atoms with Crippen molar-refractivity contribution in [2.24, 2.45) is 0 Å². The zero-order valence-electron chi connectivity index (χ0n) is 10.1.